The van der Waals surface area contributed by atoms with Crippen molar-refractivity contribution in [3.63, 3.8) is 0 Å². The van der Waals surface area contributed by atoms with E-state index in [9.17, 15) is 0 Å². The molecule has 2 aromatic rings. The Balaban J connectivity index is 2.02. The van der Waals surface area contributed by atoms with Crippen LogP contribution < -0.4 is 11.1 Å². The smallest absolute Gasteiger partial charge is 0.149 e. The van der Waals surface area contributed by atoms with Crippen molar-refractivity contribution in [2.24, 2.45) is 0 Å². The molecule has 15 heavy (non-hydrogen) atoms. The summed E-state index contributed by atoms with van der Waals surface area (Å²) in [5.74, 6) is 1.56. The Labute approximate surface area is 88.1 Å². The van der Waals surface area contributed by atoms with Crippen molar-refractivity contribution < 1.29 is 4.42 Å². The minimum Gasteiger partial charge on any atom is -0.467 e. The third-order valence-electron chi connectivity index (χ3n) is 2.05. The highest BCUT2D eigenvalue weighted by Crippen LogP contribution is 2.15. The third kappa shape index (κ3) is 2.28. The highest BCUT2D eigenvalue weighted by molar-refractivity contribution is 5.60. The summed E-state index contributed by atoms with van der Waals surface area (Å²) in [6.07, 6.45) is 3.42. The van der Waals surface area contributed by atoms with Crippen LogP contribution in [0.3, 0.4) is 0 Å². The molecule has 0 radical (unpaired) electrons. The zero-order chi connectivity index (χ0) is 10.7. The molecule has 0 atom stereocenters. The van der Waals surface area contributed by atoms with Gasteiger partial charge in [-0.15, -0.1) is 0 Å². The molecule has 0 amide bonds. The van der Waals surface area contributed by atoms with Crippen molar-refractivity contribution in [2.75, 3.05) is 11.1 Å². The zero-order valence-electron chi connectivity index (χ0n) is 8.53. The van der Waals surface area contributed by atoms with E-state index in [1.807, 2.05) is 19.1 Å². The number of aryl methyl sites for hydroxylation is 1. The minimum absolute atomic E-state index is 0.592. The summed E-state index contributed by atoms with van der Waals surface area (Å²) < 4.78 is 5.29. The number of nitrogens with zero attached hydrogens (tertiary/aromatic N) is 1. The molecular weight excluding hydrogens is 190 g/mol. The number of rotatable bonds is 3. The second-order valence-corrected chi connectivity index (χ2v) is 3.39. The average molecular weight is 203 g/mol. The monoisotopic (exact) mass is 203 g/mol. The summed E-state index contributed by atoms with van der Waals surface area (Å²) >= 11 is 0. The highest BCUT2D eigenvalue weighted by Gasteiger charge is 2.01. The van der Waals surface area contributed by atoms with Crippen LogP contribution in [-0.2, 0) is 6.54 Å². The van der Waals surface area contributed by atoms with Gasteiger partial charge in [-0.05, 0) is 30.7 Å². The van der Waals surface area contributed by atoms with Crippen LogP contribution in [-0.4, -0.2) is 4.98 Å². The number of nitrogen functional groups attached to an aromatic ring is 1. The molecule has 0 spiro atoms. The predicted molar refractivity (Wildman–Crippen MR) is 59.4 cm³/mol. The van der Waals surface area contributed by atoms with Gasteiger partial charge in [-0.1, -0.05) is 0 Å². The van der Waals surface area contributed by atoms with Crippen LogP contribution >= 0.6 is 0 Å². The van der Waals surface area contributed by atoms with Crippen LogP contribution in [0.15, 0.2) is 35.1 Å². The molecule has 3 N–H and O–H groups in total. The number of furan rings is 1. The second kappa shape index (κ2) is 4.04. The quantitative estimate of drug-likeness (QED) is 0.802. The summed E-state index contributed by atoms with van der Waals surface area (Å²) in [4.78, 5) is 4.12. The highest BCUT2D eigenvalue weighted by atomic mass is 16.3. The van der Waals surface area contributed by atoms with E-state index in [1.54, 1.807) is 18.5 Å². The average Bonchev–Trinajstić information content (AvgIpc) is 2.63. The van der Waals surface area contributed by atoms with Gasteiger partial charge in [-0.3, -0.25) is 0 Å². The first kappa shape index (κ1) is 9.58. The van der Waals surface area contributed by atoms with E-state index in [-0.39, 0.29) is 0 Å². The molecule has 4 nitrogen and oxygen atoms in total. The molecule has 0 aromatic carbocycles. The number of hydrogen-bond acceptors (Lipinski definition) is 4. The fourth-order valence-electron chi connectivity index (χ4n) is 1.32. The Morgan fingerprint density at radius 2 is 2.40 bits per heavy atom. The van der Waals surface area contributed by atoms with E-state index < -0.39 is 0 Å². The Bertz CT molecular complexity index is 451. The molecular formula is C11H13N3O. The Morgan fingerprint density at radius 1 is 1.53 bits per heavy atom. The summed E-state index contributed by atoms with van der Waals surface area (Å²) in [5, 5.41) is 3.11. The Morgan fingerprint density at radius 3 is 3.07 bits per heavy atom. The van der Waals surface area contributed by atoms with Gasteiger partial charge in [0.25, 0.3) is 0 Å². The van der Waals surface area contributed by atoms with Gasteiger partial charge in [0.1, 0.15) is 11.6 Å². The number of nitrogens with one attached hydrogen (secondary N) is 1. The molecule has 78 valence electrons. The van der Waals surface area contributed by atoms with Gasteiger partial charge in [0.05, 0.1) is 18.5 Å². The van der Waals surface area contributed by atoms with Gasteiger partial charge in [-0.2, -0.15) is 0 Å². The topological polar surface area (TPSA) is 64.1 Å². The van der Waals surface area contributed by atoms with Crippen molar-refractivity contribution in [3.05, 3.63) is 42.0 Å². The fraction of sp³-hybridized carbons (Fsp3) is 0.182. The van der Waals surface area contributed by atoms with Crippen molar-refractivity contribution in [3.8, 4) is 0 Å². The number of anilines is 2. The molecule has 4 heteroatoms. The van der Waals surface area contributed by atoms with Crippen LogP contribution in [0.5, 0.6) is 0 Å². The predicted octanol–water partition coefficient (Wildman–Crippen LogP) is 2.18. The van der Waals surface area contributed by atoms with Gasteiger partial charge in [-0.25, -0.2) is 4.98 Å². The van der Waals surface area contributed by atoms with E-state index in [0.717, 1.165) is 11.3 Å². The van der Waals surface area contributed by atoms with Gasteiger partial charge >= 0.3 is 0 Å². The van der Waals surface area contributed by atoms with E-state index >= 15 is 0 Å². The molecule has 0 aliphatic rings. The van der Waals surface area contributed by atoms with E-state index in [1.165, 1.54) is 0 Å². The number of aromatic nitrogens is 1. The van der Waals surface area contributed by atoms with Gasteiger partial charge < -0.3 is 15.5 Å². The molecule has 0 fully saturated rings. The molecule has 0 bridgehead atoms. The minimum atomic E-state index is 0.592. The molecule has 2 rings (SSSR count). The van der Waals surface area contributed by atoms with Crippen molar-refractivity contribution in [2.45, 2.75) is 13.5 Å². The summed E-state index contributed by atoms with van der Waals surface area (Å²) in [5.41, 5.74) is 7.49. The maximum atomic E-state index is 5.73. The molecule has 0 saturated heterocycles. The lowest BCUT2D eigenvalue weighted by Crippen LogP contribution is -2.03. The lowest BCUT2D eigenvalue weighted by atomic mass is 10.3. The van der Waals surface area contributed by atoms with Crippen LogP contribution in [0.25, 0.3) is 0 Å². The van der Waals surface area contributed by atoms with Crippen molar-refractivity contribution in [1.82, 2.24) is 4.98 Å². The SMILES string of the molecule is Cc1coc(CNc2ncccc2N)c1. The lowest BCUT2D eigenvalue weighted by Gasteiger charge is -2.05. The van der Waals surface area contributed by atoms with E-state index in [4.69, 9.17) is 10.2 Å². The molecule has 2 aromatic heterocycles. The Kier molecular flexibility index (Phi) is 2.58. The van der Waals surface area contributed by atoms with Crippen molar-refractivity contribution >= 4 is 11.5 Å². The number of pyridine rings is 1. The van der Waals surface area contributed by atoms with Crippen LogP contribution in [0.4, 0.5) is 11.5 Å². The van der Waals surface area contributed by atoms with Gasteiger partial charge in [0.2, 0.25) is 0 Å². The number of hydrogen-bond donors (Lipinski definition) is 2. The molecule has 0 aliphatic carbocycles. The van der Waals surface area contributed by atoms with Crippen LogP contribution in [0.2, 0.25) is 0 Å². The molecule has 0 aliphatic heterocycles. The maximum absolute atomic E-state index is 5.73. The first-order valence-electron chi connectivity index (χ1n) is 4.74. The number of nitrogens with two attached hydrogens (primary N) is 1. The second-order valence-electron chi connectivity index (χ2n) is 3.39. The first-order valence-corrected chi connectivity index (χ1v) is 4.74. The maximum Gasteiger partial charge on any atom is 0.149 e. The first-order chi connectivity index (χ1) is 7.25. The lowest BCUT2D eigenvalue weighted by molar-refractivity contribution is 0.516. The fourth-order valence-corrected chi connectivity index (χ4v) is 1.32. The summed E-state index contributed by atoms with van der Waals surface area (Å²) in [6.45, 7) is 2.58. The standard InChI is InChI=1S/C11H13N3O/c1-8-5-9(15-7-8)6-14-11-10(12)3-2-4-13-11/h2-5,7H,6,12H2,1H3,(H,13,14). The molecule has 2 heterocycles. The summed E-state index contributed by atoms with van der Waals surface area (Å²) in [7, 11) is 0. The van der Waals surface area contributed by atoms with Gasteiger partial charge in [0.15, 0.2) is 0 Å². The van der Waals surface area contributed by atoms with Crippen LogP contribution in [0, 0.1) is 6.92 Å². The Hall–Kier alpha value is -1.97. The van der Waals surface area contributed by atoms with E-state index in [2.05, 4.69) is 10.3 Å². The zero-order valence-corrected chi connectivity index (χ0v) is 8.53. The van der Waals surface area contributed by atoms with Gasteiger partial charge in [0, 0.05) is 6.20 Å². The van der Waals surface area contributed by atoms with E-state index in [0.29, 0.717) is 18.1 Å². The molecule has 0 saturated carbocycles. The largest absolute Gasteiger partial charge is 0.467 e. The van der Waals surface area contributed by atoms with Crippen LogP contribution in [0.1, 0.15) is 11.3 Å². The third-order valence-corrected chi connectivity index (χ3v) is 2.05. The van der Waals surface area contributed by atoms with Crippen molar-refractivity contribution in [1.29, 1.82) is 0 Å². The molecule has 0 unspecified atom stereocenters. The summed E-state index contributed by atoms with van der Waals surface area (Å²) in [6, 6.07) is 5.59. The normalized spacial score (nSPS) is 10.2.